The summed E-state index contributed by atoms with van der Waals surface area (Å²) in [4.78, 5) is 23.0. The smallest absolute Gasteiger partial charge is 0.264 e. The maximum Gasteiger partial charge on any atom is 0.264 e. The summed E-state index contributed by atoms with van der Waals surface area (Å²) < 4.78 is 25.5. The molecule has 2 rings (SSSR count). The number of hydrogen-bond donors (Lipinski definition) is 2. The number of hydrogen-bond acceptors (Lipinski definition) is 4. The molecule has 0 heterocycles. The molecule has 0 bridgehead atoms. The highest BCUT2D eigenvalue weighted by Gasteiger charge is 2.16. The van der Waals surface area contributed by atoms with E-state index in [0.717, 1.165) is 6.92 Å². The van der Waals surface area contributed by atoms with Crippen molar-refractivity contribution in [2.45, 2.75) is 11.8 Å². The molecule has 0 saturated carbocycles. The second-order valence-electron chi connectivity index (χ2n) is 4.76. The summed E-state index contributed by atoms with van der Waals surface area (Å²) in [5, 5.41) is 3.18. The molecule has 0 fully saturated rings. The molecule has 0 saturated heterocycles. The number of amides is 2. The zero-order valence-electron chi connectivity index (χ0n) is 12.3. The molecule has 0 aliphatic carbocycles. The summed E-state index contributed by atoms with van der Waals surface area (Å²) in [5.74, 6) is -1.18. The zero-order valence-corrected chi connectivity index (χ0v) is 14.7. The number of sulfonamides is 1. The van der Waals surface area contributed by atoms with Gasteiger partial charge in [-0.15, -0.1) is 0 Å². The van der Waals surface area contributed by atoms with E-state index in [2.05, 4.69) is 5.32 Å². The summed E-state index contributed by atoms with van der Waals surface area (Å²) in [6.45, 7) is 1.10. The van der Waals surface area contributed by atoms with Gasteiger partial charge in [-0.3, -0.25) is 9.59 Å². The van der Waals surface area contributed by atoms with E-state index < -0.39 is 21.8 Å². The molecule has 2 aromatic rings. The number of carbonyl (C=O) groups is 2. The topological polar surface area (TPSA) is 92.3 Å². The van der Waals surface area contributed by atoms with Crippen molar-refractivity contribution in [2.75, 3.05) is 5.32 Å². The Morgan fingerprint density at radius 3 is 2.21 bits per heavy atom. The molecule has 9 heteroatoms. The lowest BCUT2D eigenvalue weighted by atomic mass is 10.2. The van der Waals surface area contributed by atoms with Crippen molar-refractivity contribution >= 4 is 50.7 Å². The Hall–Kier alpha value is -2.09. The number of carbonyl (C=O) groups excluding carboxylic acids is 2. The Morgan fingerprint density at radius 1 is 1.00 bits per heavy atom. The Labute approximate surface area is 148 Å². The van der Waals surface area contributed by atoms with Gasteiger partial charge in [0.1, 0.15) is 0 Å². The van der Waals surface area contributed by atoms with Crippen molar-refractivity contribution in [3.63, 3.8) is 0 Å². The van der Waals surface area contributed by atoms with Crippen LogP contribution < -0.4 is 10.0 Å². The average molecular weight is 387 g/mol. The summed E-state index contributed by atoms with van der Waals surface area (Å²) >= 11 is 11.8. The SMILES string of the molecule is CC(=O)NS(=O)(=O)c1ccc(NC(=O)c2cc(Cl)ccc2Cl)cc1. The van der Waals surface area contributed by atoms with Gasteiger partial charge >= 0.3 is 0 Å². The van der Waals surface area contributed by atoms with Gasteiger partial charge in [-0.2, -0.15) is 0 Å². The van der Waals surface area contributed by atoms with Crippen LogP contribution in [0, 0.1) is 0 Å². The minimum atomic E-state index is -3.92. The number of benzene rings is 2. The predicted octanol–water partition coefficient (Wildman–Crippen LogP) is 3.07. The molecule has 2 amide bonds. The molecular weight excluding hydrogens is 375 g/mol. The van der Waals surface area contributed by atoms with Crippen LogP contribution in [0.15, 0.2) is 47.4 Å². The van der Waals surface area contributed by atoms with Crippen LogP contribution in [0.1, 0.15) is 17.3 Å². The molecule has 24 heavy (non-hydrogen) atoms. The van der Waals surface area contributed by atoms with Gasteiger partial charge in [0.2, 0.25) is 5.91 Å². The highest BCUT2D eigenvalue weighted by Crippen LogP contribution is 2.22. The Morgan fingerprint density at radius 2 is 1.62 bits per heavy atom. The van der Waals surface area contributed by atoms with Crippen LogP contribution in [0.2, 0.25) is 10.0 Å². The summed E-state index contributed by atoms with van der Waals surface area (Å²) in [5.41, 5.74) is 0.553. The molecule has 0 aliphatic heterocycles. The average Bonchev–Trinajstić information content (AvgIpc) is 2.49. The Kier molecular flexibility index (Phi) is 5.48. The molecular formula is C15H12Cl2N2O4S. The van der Waals surface area contributed by atoms with Crippen molar-refractivity contribution in [1.29, 1.82) is 0 Å². The minimum Gasteiger partial charge on any atom is -0.322 e. The molecule has 0 unspecified atom stereocenters. The van der Waals surface area contributed by atoms with Crippen LogP contribution in [0.4, 0.5) is 5.69 Å². The van der Waals surface area contributed by atoms with E-state index in [1.165, 1.54) is 36.4 Å². The normalized spacial score (nSPS) is 11.0. The molecule has 0 aliphatic rings. The van der Waals surface area contributed by atoms with Crippen molar-refractivity contribution in [3.8, 4) is 0 Å². The van der Waals surface area contributed by atoms with Crippen LogP contribution in [0.3, 0.4) is 0 Å². The molecule has 126 valence electrons. The van der Waals surface area contributed by atoms with Crippen LogP contribution in [0.25, 0.3) is 0 Å². The third-order valence-electron chi connectivity index (χ3n) is 2.87. The third kappa shape index (κ3) is 4.47. The van der Waals surface area contributed by atoms with Gasteiger partial charge in [-0.05, 0) is 42.5 Å². The van der Waals surface area contributed by atoms with Crippen molar-refractivity contribution < 1.29 is 18.0 Å². The maximum atomic E-state index is 12.2. The van der Waals surface area contributed by atoms with Gasteiger partial charge in [-0.1, -0.05) is 23.2 Å². The first-order valence-corrected chi connectivity index (χ1v) is 8.83. The fourth-order valence-corrected chi connectivity index (χ4v) is 3.20. The number of halogens is 2. The second kappa shape index (κ2) is 7.21. The van der Waals surface area contributed by atoms with Gasteiger partial charge < -0.3 is 5.32 Å². The van der Waals surface area contributed by atoms with E-state index in [0.29, 0.717) is 10.7 Å². The highest BCUT2D eigenvalue weighted by molar-refractivity contribution is 7.90. The fourth-order valence-electron chi connectivity index (χ4n) is 1.84. The number of anilines is 1. The van der Waals surface area contributed by atoms with Crippen molar-refractivity contribution in [2.24, 2.45) is 0 Å². The van der Waals surface area contributed by atoms with Crippen LogP contribution in [-0.2, 0) is 14.8 Å². The molecule has 2 aromatic carbocycles. The maximum absolute atomic E-state index is 12.2. The largest absolute Gasteiger partial charge is 0.322 e. The Balaban J connectivity index is 2.19. The van der Waals surface area contributed by atoms with E-state index in [9.17, 15) is 18.0 Å². The number of rotatable bonds is 4. The van der Waals surface area contributed by atoms with E-state index in [1.54, 1.807) is 6.07 Å². The molecule has 0 radical (unpaired) electrons. The zero-order chi connectivity index (χ0) is 17.9. The van der Waals surface area contributed by atoms with E-state index in [-0.39, 0.29) is 15.5 Å². The van der Waals surface area contributed by atoms with E-state index in [4.69, 9.17) is 23.2 Å². The lowest BCUT2D eigenvalue weighted by Gasteiger charge is -2.09. The molecule has 0 atom stereocenters. The lowest BCUT2D eigenvalue weighted by Crippen LogP contribution is -2.28. The van der Waals surface area contributed by atoms with Crippen molar-refractivity contribution in [3.05, 3.63) is 58.1 Å². The monoisotopic (exact) mass is 386 g/mol. The Bertz CT molecular complexity index is 896. The van der Waals surface area contributed by atoms with E-state index >= 15 is 0 Å². The molecule has 2 N–H and O–H groups in total. The van der Waals surface area contributed by atoms with Crippen LogP contribution in [-0.4, -0.2) is 20.2 Å². The number of nitrogens with one attached hydrogen (secondary N) is 2. The summed E-state index contributed by atoms with van der Waals surface area (Å²) in [6, 6.07) is 9.80. The van der Waals surface area contributed by atoms with Crippen LogP contribution in [0.5, 0.6) is 0 Å². The second-order valence-corrected chi connectivity index (χ2v) is 7.29. The summed E-state index contributed by atoms with van der Waals surface area (Å²) in [6.07, 6.45) is 0. The molecule has 0 aromatic heterocycles. The minimum absolute atomic E-state index is 0.100. The first-order chi connectivity index (χ1) is 11.2. The van der Waals surface area contributed by atoms with Crippen molar-refractivity contribution in [1.82, 2.24) is 4.72 Å². The summed E-state index contributed by atoms with van der Waals surface area (Å²) in [7, 11) is -3.92. The first-order valence-electron chi connectivity index (χ1n) is 6.59. The third-order valence-corrected chi connectivity index (χ3v) is 4.89. The fraction of sp³-hybridized carbons (Fsp3) is 0.0667. The molecule has 6 nitrogen and oxygen atoms in total. The first kappa shape index (κ1) is 18.3. The van der Waals surface area contributed by atoms with Gasteiger partial charge in [-0.25, -0.2) is 13.1 Å². The predicted molar refractivity (Wildman–Crippen MR) is 91.9 cm³/mol. The van der Waals surface area contributed by atoms with Gasteiger partial charge in [0.25, 0.3) is 15.9 Å². The standard InChI is InChI=1S/C15H12Cl2N2O4S/c1-9(20)19-24(22,23)12-5-3-11(4-6-12)18-15(21)13-8-10(16)2-7-14(13)17/h2-8H,1H3,(H,18,21)(H,19,20). The van der Waals surface area contributed by atoms with E-state index in [1.807, 2.05) is 4.72 Å². The molecule has 0 spiro atoms. The lowest BCUT2D eigenvalue weighted by molar-refractivity contribution is -0.117. The van der Waals surface area contributed by atoms with Crippen LogP contribution >= 0.6 is 23.2 Å². The van der Waals surface area contributed by atoms with Gasteiger partial charge in [0, 0.05) is 17.6 Å². The highest BCUT2D eigenvalue weighted by atomic mass is 35.5. The van der Waals surface area contributed by atoms with Gasteiger partial charge in [0.15, 0.2) is 0 Å². The van der Waals surface area contributed by atoms with Gasteiger partial charge in [0.05, 0.1) is 15.5 Å². The quantitative estimate of drug-likeness (QED) is 0.844.